The van der Waals surface area contributed by atoms with Crippen molar-refractivity contribution in [1.82, 2.24) is 15.2 Å². The van der Waals surface area contributed by atoms with Gasteiger partial charge in [0.05, 0.1) is 6.21 Å². The van der Waals surface area contributed by atoms with Crippen LogP contribution in [-0.2, 0) is 7.05 Å². The van der Waals surface area contributed by atoms with Crippen molar-refractivity contribution in [3.05, 3.63) is 52.3 Å². The summed E-state index contributed by atoms with van der Waals surface area (Å²) in [7, 11) is 1.70. The van der Waals surface area contributed by atoms with Crippen LogP contribution in [0, 0.1) is 0 Å². The van der Waals surface area contributed by atoms with Gasteiger partial charge in [0, 0.05) is 17.7 Å². The van der Waals surface area contributed by atoms with Gasteiger partial charge in [0.15, 0.2) is 0 Å². The van der Waals surface area contributed by atoms with Crippen molar-refractivity contribution >= 4 is 28.1 Å². The lowest BCUT2D eigenvalue weighted by molar-refractivity contribution is 0.0946. The van der Waals surface area contributed by atoms with Crippen molar-refractivity contribution in [1.29, 1.82) is 0 Å². The summed E-state index contributed by atoms with van der Waals surface area (Å²) in [6.07, 6.45) is 3.15. The molecule has 18 heavy (non-hydrogen) atoms. The van der Waals surface area contributed by atoms with Gasteiger partial charge in [-0.2, -0.15) is 10.2 Å². The van der Waals surface area contributed by atoms with Gasteiger partial charge in [-0.15, -0.1) is 0 Å². The van der Waals surface area contributed by atoms with Crippen LogP contribution >= 0.6 is 15.9 Å². The summed E-state index contributed by atoms with van der Waals surface area (Å²) in [4.78, 5) is 11.7. The SMILES string of the molecule is Cn1nccc1C(=O)N/N=C\c1ccc(Br)cc1. The molecule has 2 rings (SSSR count). The maximum absolute atomic E-state index is 11.7. The molecule has 1 aromatic carbocycles. The quantitative estimate of drug-likeness (QED) is 0.696. The molecule has 0 saturated heterocycles. The van der Waals surface area contributed by atoms with Crippen molar-refractivity contribution in [3.63, 3.8) is 0 Å². The highest BCUT2D eigenvalue weighted by atomic mass is 79.9. The van der Waals surface area contributed by atoms with Crippen LogP contribution in [0.1, 0.15) is 16.1 Å². The number of nitrogens with zero attached hydrogens (tertiary/aromatic N) is 3. The van der Waals surface area contributed by atoms with Crippen molar-refractivity contribution in [2.75, 3.05) is 0 Å². The Hall–Kier alpha value is -1.95. The van der Waals surface area contributed by atoms with E-state index in [-0.39, 0.29) is 5.91 Å². The number of benzene rings is 1. The Balaban J connectivity index is 1.98. The van der Waals surface area contributed by atoms with Crippen LogP contribution in [0.5, 0.6) is 0 Å². The minimum absolute atomic E-state index is 0.289. The van der Waals surface area contributed by atoms with Crippen LogP contribution in [0.2, 0.25) is 0 Å². The minimum atomic E-state index is -0.289. The number of aryl methyl sites for hydroxylation is 1. The second kappa shape index (κ2) is 5.59. The van der Waals surface area contributed by atoms with Gasteiger partial charge in [0.1, 0.15) is 5.69 Å². The fourth-order valence-corrected chi connectivity index (χ4v) is 1.63. The number of aromatic nitrogens is 2. The third-order valence-electron chi connectivity index (χ3n) is 2.30. The molecule has 0 aliphatic heterocycles. The average molecular weight is 307 g/mol. The van der Waals surface area contributed by atoms with E-state index in [0.29, 0.717) is 5.69 Å². The van der Waals surface area contributed by atoms with Crippen molar-refractivity contribution in [3.8, 4) is 0 Å². The Morgan fingerprint density at radius 3 is 2.72 bits per heavy atom. The number of carbonyl (C=O) groups excluding carboxylic acids is 1. The summed E-state index contributed by atoms with van der Waals surface area (Å²) in [5.74, 6) is -0.289. The Labute approximate surface area is 113 Å². The molecule has 2 aromatic rings. The average Bonchev–Trinajstić information content (AvgIpc) is 2.78. The fourth-order valence-electron chi connectivity index (χ4n) is 1.37. The van der Waals surface area contributed by atoms with Crippen molar-refractivity contribution < 1.29 is 4.79 Å². The normalized spacial score (nSPS) is 10.8. The number of halogens is 1. The van der Waals surface area contributed by atoms with Gasteiger partial charge in [-0.05, 0) is 23.8 Å². The Bertz CT molecular complexity index is 574. The molecule has 1 aromatic heterocycles. The molecular formula is C12H11BrN4O. The Morgan fingerprint density at radius 2 is 2.11 bits per heavy atom. The topological polar surface area (TPSA) is 59.3 Å². The first-order chi connectivity index (χ1) is 8.66. The van der Waals surface area contributed by atoms with Crippen LogP contribution in [0.15, 0.2) is 46.1 Å². The van der Waals surface area contributed by atoms with Gasteiger partial charge in [-0.1, -0.05) is 28.1 Å². The second-order valence-corrected chi connectivity index (χ2v) is 4.51. The Morgan fingerprint density at radius 1 is 1.39 bits per heavy atom. The monoisotopic (exact) mass is 306 g/mol. The van der Waals surface area contributed by atoms with E-state index < -0.39 is 0 Å². The van der Waals surface area contributed by atoms with Crippen molar-refractivity contribution in [2.45, 2.75) is 0 Å². The lowest BCUT2D eigenvalue weighted by Crippen LogP contribution is -2.20. The standard InChI is InChI=1S/C12H11BrN4O/c1-17-11(6-7-15-17)12(18)16-14-8-9-2-4-10(13)5-3-9/h2-8H,1H3,(H,16,18)/b14-8-. The second-order valence-electron chi connectivity index (χ2n) is 3.59. The third-order valence-corrected chi connectivity index (χ3v) is 2.83. The molecule has 0 aliphatic rings. The van der Waals surface area contributed by atoms with Crippen molar-refractivity contribution in [2.24, 2.45) is 12.1 Å². The molecule has 0 spiro atoms. The largest absolute Gasteiger partial charge is 0.289 e. The summed E-state index contributed by atoms with van der Waals surface area (Å²) in [6, 6.07) is 9.23. The van der Waals surface area contributed by atoms with Gasteiger partial charge in [0.2, 0.25) is 0 Å². The number of amides is 1. The third kappa shape index (κ3) is 3.04. The number of rotatable bonds is 3. The van der Waals surface area contributed by atoms with Crippen LogP contribution < -0.4 is 5.43 Å². The molecule has 0 atom stereocenters. The van der Waals surface area contributed by atoms with Crippen LogP contribution in [0.3, 0.4) is 0 Å². The summed E-state index contributed by atoms with van der Waals surface area (Å²) in [6.45, 7) is 0. The summed E-state index contributed by atoms with van der Waals surface area (Å²) in [5.41, 5.74) is 3.81. The number of carbonyl (C=O) groups is 1. The predicted molar refractivity (Wildman–Crippen MR) is 72.4 cm³/mol. The number of nitrogens with one attached hydrogen (secondary N) is 1. The van der Waals surface area contributed by atoms with Gasteiger partial charge in [-0.25, -0.2) is 5.43 Å². The van der Waals surface area contributed by atoms with E-state index >= 15 is 0 Å². The molecule has 92 valence electrons. The Kier molecular flexibility index (Phi) is 3.88. The molecule has 0 aliphatic carbocycles. The first-order valence-corrected chi connectivity index (χ1v) is 6.03. The molecule has 0 radical (unpaired) electrons. The van der Waals surface area contributed by atoms with E-state index in [2.05, 4.69) is 31.6 Å². The van der Waals surface area contributed by atoms with E-state index in [4.69, 9.17) is 0 Å². The molecule has 1 N–H and O–H groups in total. The van der Waals surface area contributed by atoms with Crippen LogP contribution in [-0.4, -0.2) is 21.9 Å². The van der Waals surface area contributed by atoms with E-state index in [1.165, 1.54) is 4.68 Å². The van der Waals surface area contributed by atoms with Gasteiger partial charge < -0.3 is 0 Å². The predicted octanol–water partition coefficient (Wildman–Crippen LogP) is 1.95. The smallest absolute Gasteiger partial charge is 0.266 e. The van der Waals surface area contributed by atoms with E-state index in [1.807, 2.05) is 24.3 Å². The zero-order valence-corrected chi connectivity index (χ0v) is 11.3. The van der Waals surface area contributed by atoms with E-state index in [1.54, 1.807) is 25.5 Å². The maximum atomic E-state index is 11.7. The van der Waals surface area contributed by atoms with E-state index in [9.17, 15) is 4.79 Å². The first-order valence-electron chi connectivity index (χ1n) is 5.24. The summed E-state index contributed by atoms with van der Waals surface area (Å²) >= 11 is 3.35. The van der Waals surface area contributed by atoms with Gasteiger partial charge in [-0.3, -0.25) is 9.48 Å². The molecule has 1 amide bonds. The molecule has 5 nitrogen and oxygen atoms in total. The van der Waals surface area contributed by atoms with Gasteiger partial charge in [0.25, 0.3) is 5.91 Å². The number of hydrogen-bond acceptors (Lipinski definition) is 3. The molecule has 0 saturated carbocycles. The molecule has 0 fully saturated rings. The molecule has 1 heterocycles. The first kappa shape index (κ1) is 12.5. The lowest BCUT2D eigenvalue weighted by Gasteiger charge is -1.99. The molecule has 0 unspecified atom stereocenters. The highest BCUT2D eigenvalue weighted by molar-refractivity contribution is 9.10. The maximum Gasteiger partial charge on any atom is 0.289 e. The van der Waals surface area contributed by atoms with Crippen LogP contribution in [0.25, 0.3) is 0 Å². The number of hydrogen-bond donors (Lipinski definition) is 1. The molecule has 0 bridgehead atoms. The van der Waals surface area contributed by atoms with Crippen LogP contribution in [0.4, 0.5) is 0 Å². The number of hydrazone groups is 1. The molecule has 6 heteroatoms. The van der Waals surface area contributed by atoms with E-state index in [0.717, 1.165) is 10.0 Å². The zero-order chi connectivity index (χ0) is 13.0. The molecular weight excluding hydrogens is 296 g/mol. The zero-order valence-electron chi connectivity index (χ0n) is 9.67. The summed E-state index contributed by atoms with van der Waals surface area (Å²) < 4.78 is 2.49. The summed E-state index contributed by atoms with van der Waals surface area (Å²) in [5, 5.41) is 7.80. The minimum Gasteiger partial charge on any atom is -0.266 e. The lowest BCUT2D eigenvalue weighted by atomic mass is 10.2. The fraction of sp³-hybridized carbons (Fsp3) is 0.0833. The van der Waals surface area contributed by atoms with Gasteiger partial charge >= 0.3 is 0 Å². The highest BCUT2D eigenvalue weighted by Crippen LogP contribution is 2.08. The highest BCUT2D eigenvalue weighted by Gasteiger charge is 2.07.